The molecule has 0 saturated heterocycles. The standard InChI is InChI=1S/C12H15NO4S/c1-12(2,8-13)6-3-7-18(16)10-5-4-9(17-10)11(14)15/h4-5H,3,6-7H2,1-2H3,(H,14,15). The number of nitriles is 1. The zero-order valence-corrected chi connectivity index (χ0v) is 11.1. The zero-order valence-electron chi connectivity index (χ0n) is 10.3. The Morgan fingerprint density at radius 2 is 2.22 bits per heavy atom. The molecule has 0 bridgehead atoms. The molecule has 98 valence electrons. The van der Waals surface area contributed by atoms with Crippen LogP contribution in [0.25, 0.3) is 0 Å². The van der Waals surface area contributed by atoms with Gasteiger partial charge in [-0.1, -0.05) is 0 Å². The Bertz CT molecular complexity index is 498. The fourth-order valence-electron chi connectivity index (χ4n) is 1.36. The Morgan fingerprint density at radius 1 is 1.56 bits per heavy atom. The lowest BCUT2D eigenvalue weighted by Gasteiger charge is -2.13. The van der Waals surface area contributed by atoms with Crippen LogP contribution in [0.5, 0.6) is 0 Å². The van der Waals surface area contributed by atoms with E-state index >= 15 is 0 Å². The van der Waals surface area contributed by atoms with E-state index in [0.717, 1.165) is 0 Å². The summed E-state index contributed by atoms with van der Waals surface area (Å²) in [5.41, 5.74) is -0.431. The van der Waals surface area contributed by atoms with E-state index in [0.29, 0.717) is 18.6 Å². The lowest BCUT2D eigenvalue weighted by atomic mass is 9.90. The van der Waals surface area contributed by atoms with Gasteiger partial charge in [-0.05, 0) is 38.8 Å². The molecule has 0 aliphatic carbocycles. The Hall–Kier alpha value is -1.61. The van der Waals surface area contributed by atoms with Crippen molar-refractivity contribution in [2.75, 3.05) is 5.75 Å². The van der Waals surface area contributed by atoms with E-state index in [-0.39, 0.29) is 10.9 Å². The number of aromatic carboxylic acids is 1. The van der Waals surface area contributed by atoms with Crippen molar-refractivity contribution in [1.29, 1.82) is 5.26 Å². The number of hydrogen-bond donors (Lipinski definition) is 1. The predicted molar refractivity (Wildman–Crippen MR) is 65.6 cm³/mol. The topological polar surface area (TPSA) is 91.3 Å². The molecule has 1 aromatic heterocycles. The largest absolute Gasteiger partial charge is 0.475 e. The number of rotatable bonds is 6. The van der Waals surface area contributed by atoms with Gasteiger partial charge >= 0.3 is 5.97 Å². The number of carboxylic acid groups (broad SMARTS) is 1. The van der Waals surface area contributed by atoms with Crippen LogP contribution in [0.1, 0.15) is 37.2 Å². The molecular formula is C12H15NO4S. The first-order valence-corrected chi connectivity index (χ1v) is 6.80. The molecule has 6 heteroatoms. The normalized spacial score (nSPS) is 12.9. The first-order chi connectivity index (χ1) is 8.35. The summed E-state index contributed by atoms with van der Waals surface area (Å²) in [7, 11) is -1.36. The van der Waals surface area contributed by atoms with Crippen LogP contribution in [0, 0.1) is 16.7 Å². The molecule has 0 aliphatic heterocycles. The number of carbonyl (C=O) groups is 1. The van der Waals surface area contributed by atoms with Crippen molar-refractivity contribution in [3.8, 4) is 6.07 Å². The summed E-state index contributed by atoms with van der Waals surface area (Å²) in [6, 6.07) is 4.87. The molecule has 0 aliphatic rings. The van der Waals surface area contributed by atoms with Crippen molar-refractivity contribution < 1.29 is 18.5 Å². The fraction of sp³-hybridized carbons (Fsp3) is 0.500. The summed E-state index contributed by atoms with van der Waals surface area (Å²) in [4.78, 5) is 10.6. The molecule has 1 unspecified atom stereocenters. The van der Waals surface area contributed by atoms with Crippen molar-refractivity contribution in [2.24, 2.45) is 5.41 Å². The lowest BCUT2D eigenvalue weighted by molar-refractivity contribution is 0.0656. The van der Waals surface area contributed by atoms with Crippen molar-refractivity contribution in [3.63, 3.8) is 0 Å². The van der Waals surface area contributed by atoms with Gasteiger partial charge < -0.3 is 9.52 Å². The fourth-order valence-corrected chi connectivity index (χ4v) is 2.37. The third-order valence-corrected chi connectivity index (χ3v) is 3.78. The quantitative estimate of drug-likeness (QED) is 0.856. The van der Waals surface area contributed by atoms with Gasteiger partial charge in [-0.2, -0.15) is 5.26 Å². The summed E-state index contributed by atoms with van der Waals surface area (Å²) in [6.45, 7) is 3.65. The summed E-state index contributed by atoms with van der Waals surface area (Å²) in [6.07, 6.45) is 1.26. The van der Waals surface area contributed by atoms with Crippen molar-refractivity contribution in [3.05, 3.63) is 17.9 Å². The average molecular weight is 269 g/mol. The van der Waals surface area contributed by atoms with Crippen LogP contribution in [0.3, 0.4) is 0 Å². The second kappa shape index (κ2) is 5.83. The highest BCUT2D eigenvalue weighted by Gasteiger charge is 2.18. The van der Waals surface area contributed by atoms with Gasteiger partial charge in [0.1, 0.15) is 0 Å². The van der Waals surface area contributed by atoms with Gasteiger partial charge in [0.25, 0.3) is 0 Å². The highest BCUT2D eigenvalue weighted by molar-refractivity contribution is 7.84. The minimum Gasteiger partial charge on any atom is -0.475 e. The van der Waals surface area contributed by atoms with Crippen LogP contribution >= 0.6 is 0 Å². The molecule has 5 nitrogen and oxygen atoms in total. The van der Waals surface area contributed by atoms with E-state index in [1.54, 1.807) is 0 Å². The van der Waals surface area contributed by atoms with Gasteiger partial charge in [-0.15, -0.1) is 0 Å². The van der Waals surface area contributed by atoms with Crippen LogP contribution in [0.4, 0.5) is 0 Å². The van der Waals surface area contributed by atoms with Gasteiger partial charge in [0.2, 0.25) is 5.76 Å². The zero-order chi connectivity index (χ0) is 13.8. The van der Waals surface area contributed by atoms with Crippen molar-refractivity contribution in [2.45, 2.75) is 31.8 Å². The molecule has 1 heterocycles. The summed E-state index contributed by atoms with van der Waals surface area (Å²) in [5, 5.41) is 17.7. The number of nitrogens with zero attached hydrogens (tertiary/aromatic N) is 1. The molecule has 18 heavy (non-hydrogen) atoms. The van der Waals surface area contributed by atoms with E-state index < -0.39 is 22.2 Å². The van der Waals surface area contributed by atoms with Gasteiger partial charge in [-0.25, -0.2) is 4.79 Å². The molecule has 0 spiro atoms. The molecule has 0 amide bonds. The van der Waals surface area contributed by atoms with Gasteiger partial charge in [0.05, 0.1) is 22.3 Å². The Labute approximate surface area is 108 Å². The van der Waals surface area contributed by atoms with Gasteiger partial charge in [0, 0.05) is 5.75 Å². The van der Waals surface area contributed by atoms with E-state index in [1.807, 2.05) is 13.8 Å². The first kappa shape index (κ1) is 14.5. The lowest BCUT2D eigenvalue weighted by Crippen LogP contribution is -2.09. The van der Waals surface area contributed by atoms with Crippen LogP contribution in [0.15, 0.2) is 21.6 Å². The molecular weight excluding hydrogens is 254 g/mol. The molecule has 0 saturated carbocycles. The monoisotopic (exact) mass is 269 g/mol. The highest BCUT2D eigenvalue weighted by Crippen LogP contribution is 2.22. The third-order valence-electron chi connectivity index (χ3n) is 2.45. The van der Waals surface area contributed by atoms with Crippen molar-refractivity contribution in [1.82, 2.24) is 0 Å². The van der Waals surface area contributed by atoms with Crippen LogP contribution in [0.2, 0.25) is 0 Å². The predicted octanol–water partition coefficient (Wildman–Crippen LogP) is 2.42. The summed E-state index contributed by atoms with van der Waals surface area (Å²) >= 11 is 0. The Kier molecular flexibility index (Phi) is 4.68. The molecule has 1 atom stereocenters. The molecule has 0 radical (unpaired) electrons. The van der Waals surface area contributed by atoms with Crippen LogP contribution < -0.4 is 0 Å². The van der Waals surface area contributed by atoms with E-state index in [2.05, 4.69) is 6.07 Å². The second-order valence-corrected chi connectivity index (χ2v) is 6.07. The molecule has 0 fully saturated rings. The maximum absolute atomic E-state index is 11.8. The smallest absolute Gasteiger partial charge is 0.371 e. The molecule has 1 aromatic rings. The number of furan rings is 1. The highest BCUT2D eigenvalue weighted by atomic mass is 32.2. The number of carboxylic acids is 1. The first-order valence-electron chi connectivity index (χ1n) is 5.48. The van der Waals surface area contributed by atoms with Gasteiger partial charge in [0.15, 0.2) is 5.09 Å². The van der Waals surface area contributed by atoms with Crippen LogP contribution in [-0.2, 0) is 10.8 Å². The van der Waals surface area contributed by atoms with Crippen LogP contribution in [-0.4, -0.2) is 21.0 Å². The molecule has 1 rings (SSSR count). The number of hydrogen-bond acceptors (Lipinski definition) is 4. The van der Waals surface area contributed by atoms with E-state index in [9.17, 15) is 9.00 Å². The average Bonchev–Trinajstić information content (AvgIpc) is 2.78. The Morgan fingerprint density at radius 3 is 2.72 bits per heavy atom. The minimum absolute atomic E-state index is 0.169. The Balaban J connectivity index is 2.51. The third kappa shape index (κ3) is 4.00. The van der Waals surface area contributed by atoms with E-state index in [4.69, 9.17) is 14.8 Å². The van der Waals surface area contributed by atoms with E-state index in [1.165, 1.54) is 12.1 Å². The molecule has 1 N–H and O–H groups in total. The van der Waals surface area contributed by atoms with Gasteiger partial charge in [-0.3, -0.25) is 4.21 Å². The SMILES string of the molecule is CC(C)(C#N)CCCS(=O)c1ccc(C(=O)O)o1. The van der Waals surface area contributed by atoms with Crippen molar-refractivity contribution >= 4 is 16.8 Å². The molecule has 0 aromatic carbocycles. The summed E-state index contributed by atoms with van der Waals surface area (Å²) < 4.78 is 16.7. The maximum atomic E-state index is 11.8. The summed E-state index contributed by atoms with van der Waals surface area (Å²) in [5.74, 6) is -1.03. The maximum Gasteiger partial charge on any atom is 0.371 e. The minimum atomic E-state index is -1.36. The second-order valence-electron chi connectivity index (χ2n) is 4.57.